The number of Topliss-reactive ketones (excluding diaryl/α,β-unsaturated/α-hetero) is 2. The second-order valence-corrected chi connectivity index (χ2v) is 9.55. The fraction of sp³-hybridized carbons (Fsp3) is 0.190. The van der Waals surface area contributed by atoms with Gasteiger partial charge in [0.05, 0.1) is 25.7 Å². The van der Waals surface area contributed by atoms with Gasteiger partial charge in [0.1, 0.15) is 11.5 Å². The number of ketones is 2. The summed E-state index contributed by atoms with van der Waals surface area (Å²) in [5.74, 6) is 1.86. The van der Waals surface area contributed by atoms with Crippen LogP contribution in [0.3, 0.4) is 0 Å². The lowest BCUT2D eigenvalue weighted by molar-refractivity contribution is 0.101. The number of thioether (sulfide) groups is 2. The monoisotopic (exact) mass is 486 g/mol. The van der Waals surface area contributed by atoms with Crippen LogP contribution < -0.4 is 9.47 Å². The van der Waals surface area contributed by atoms with Crippen LogP contribution in [0.15, 0.2) is 58.0 Å². The van der Waals surface area contributed by atoms with Crippen molar-refractivity contribution in [3.8, 4) is 11.5 Å². The normalized spacial score (nSPS) is 10.9. The number of carbonyl (C=O) groups is 2. The molecule has 2 heterocycles. The van der Waals surface area contributed by atoms with Crippen molar-refractivity contribution in [2.75, 3.05) is 25.7 Å². The summed E-state index contributed by atoms with van der Waals surface area (Å²) in [5.41, 5.74) is 1.22. The van der Waals surface area contributed by atoms with Crippen molar-refractivity contribution in [3.05, 3.63) is 59.7 Å². The number of hydrogen-bond donors (Lipinski definition) is 0. The lowest BCUT2D eigenvalue weighted by Gasteiger charge is -2.02. The maximum absolute atomic E-state index is 12.4. The summed E-state index contributed by atoms with van der Waals surface area (Å²) in [6, 6.07) is 14.0. The first-order chi connectivity index (χ1) is 15.6. The summed E-state index contributed by atoms with van der Waals surface area (Å²) in [6.45, 7) is 0. The summed E-state index contributed by atoms with van der Waals surface area (Å²) in [5, 5.41) is 13.3. The molecule has 0 saturated carbocycles. The lowest BCUT2D eigenvalue weighted by Crippen LogP contribution is -2.03. The first kappa shape index (κ1) is 22.3. The summed E-state index contributed by atoms with van der Waals surface area (Å²) < 4.78 is 12.5. The largest absolute Gasteiger partial charge is 0.497 e. The van der Waals surface area contributed by atoms with Crippen molar-refractivity contribution >= 4 is 51.4 Å². The zero-order valence-electron chi connectivity index (χ0n) is 17.2. The van der Waals surface area contributed by atoms with Gasteiger partial charge in [-0.3, -0.25) is 9.59 Å². The van der Waals surface area contributed by atoms with E-state index in [0.717, 1.165) is 0 Å². The molecular formula is C21H18N4O4S3. The Hall–Kier alpha value is -2.89. The molecule has 0 N–H and O–H groups in total. The molecule has 0 radical (unpaired) electrons. The van der Waals surface area contributed by atoms with E-state index in [9.17, 15) is 9.59 Å². The predicted molar refractivity (Wildman–Crippen MR) is 125 cm³/mol. The molecule has 0 saturated heterocycles. The van der Waals surface area contributed by atoms with Crippen LogP contribution >= 0.6 is 34.9 Å². The minimum atomic E-state index is -0.0238. The third-order valence-electron chi connectivity index (χ3n) is 4.43. The van der Waals surface area contributed by atoms with Gasteiger partial charge >= 0.3 is 0 Å². The highest BCUT2D eigenvalue weighted by molar-refractivity contribution is 8.01. The SMILES string of the molecule is COc1ccc(C(=O)CSc2nn3c(SCC(=O)c4ccc(OC)cc4)nnc3s2)cc1. The number of carbonyl (C=O) groups excluding carboxylic acids is 2. The van der Waals surface area contributed by atoms with E-state index in [-0.39, 0.29) is 23.1 Å². The van der Waals surface area contributed by atoms with Gasteiger partial charge < -0.3 is 9.47 Å². The van der Waals surface area contributed by atoms with Crippen LogP contribution in [-0.2, 0) is 0 Å². The molecule has 0 aliphatic rings. The van der Waals surface area contributed by atoms with E-state index < -0.39 is 0 Å². The quantitative estimate of drug-likeness (QED) is 0.242. The summed E-state index contributed by atoms with van der Waals surface area (Å²) in [7, 11) is 3.17. The molecule has 4 aromatic rings. The van der Waals surface area contributed by atoms with Crippen molar-refractivity contribution in [2.24, 2.45) is 0 Å². The van der Waals surface area contributed by atoms with Crippen LogP contribution in [0.5, 0.6) is 11.5 Å². The van der Waals surface area contributed by atoms with Crippen LogP contribution in [0.25, 0.3) is 4.96 Å². The standard InChI is InChI=1S/C21H18N4O4S3/c1-28-15-7-3-13(4-8-15)17(26)11-30-19-22-23-20-25(19)24-21(32-20)31-12-18(27)14-5-9-16(29-2)10-6-14/h3-10H,11-12H2,1-2H3. The van der Waals surface area contributed by atoms with Crippen LogP contribution in [0.1, 0.15) is 20.7 Å². The molecule has 2 aromatic carbocycles. The average Bonchev–Trinajstić information content (AvgIpc) is 3.41. The van der Waals surface area contributed by atoms with Crippen molar-refractivity contribution < 1.29 is 19.1 Å². The molecule has 0 aliphatic carbocycles. The summed E-state index contributed by atoms with van der Waals surface area (Å²) in [4.78, 5) is 25.5. The number of aromatic nitrogens is 4. The van der Waals surface area contributed by atoms with Gasteiger partial charge in [0, 0.05) is 11.1 Å². The number of benzene rings is 2. The van der Waals surface area contributed by atoms with Crippen LogP contribution in [0.2, 0.25) is 0 Å². The summed E-state index contributed by atoms with van der Waals surface area (Å²) >= 11 is 3.97. The molecular weight excluding hydrogens is 468 g/mol. The van der Waals surface area contributed by atoms with E-state index in [1.165, 1.54) is 34.9 Å². The van der Waals surface area contributed by atoms with E-state index in [1.54, 1.807) is 67.3 Å². The zero-order valence-corrected chi connectivity index (χ0v) is 19.6. The minimum absolute atomic E-state index is 0.00306. The van der Waals surface area contributed by atoms with Crippen molar-refractivity contribution in [3.63, 3.8) is 0 Å². The Balaban J connectivity index is 1.36. The first-order valence-electron chi connectivity index (χ1n) is 9.39. The Bertz CT molecular complexity index is 1240. The molecule has 164 valence electrons. The molecule has 4 rings (SSSR count). The molecule has 0 atom stereocenters. The van der Waals surface area contributed by atoms with Gasteiger partial charge in [0.15, 0.2) is 15.9 Å². The second-order valence-electron chi connectivity index (χ2n) is 6.43. The maximum atomic E-state index is 12.4. The fourth-order valence-corrected chi connectivity index (χ4v) is 5.31. The summed E-state index contributed by atoms with van der Waals surface area (Å²) in [6.07, 6.45) is 0. The van der Waals surface area contributed by atoms with E-state index in [0.29, 0.717) is 37.1 Å². The number of rotatable bonds is 10. The molecule has 11 heteroatoms. The van der Waals surface area contributed by atoms with E-state index in [4.69, 9.17) is 9.47 Å². The third-order valence-corrected chi connectivity index (χ3v) is 7.38. The van der Waals surface area contributed by atoms with Crippen LogP contribution in [0, 0.1) is 0 Å². The molecule has 0 amide bonds. The predicted octanol–water partition coefficient (Wildman–Crippen LogP) is 4.15. The van der Waals surface area contributed by atoms with Crippen molar-refractivity contribution in [1.29, 1.82) is 0 Å². The molecule has 0 spiro atoms. The second kappa shape index (κ2) is 10.2. The molecule has 0 aliphatic heterocycles. The highest BCUT2D eigenvalue weighted by Crippen LogP contribution is 2.28. The van der Waals surface area contributed by atoms with Gasteiger partial charge in [-0.1, -0.05) is 34.9 Å². The zero-order chi connectivity index (χ0) is 22.5. The minimum Gasteiger partial charge on any atom is -0.497 e. The van der Waals surface area contributed by atoms with Gasteiger partial charge in [-0.15, -0.1) is 15.3 Å². The Kier molecular flexibility index (Phi) is 7.08. The van der Waals surface area contributed by atoms with Gasteiger partial charge in [-0.25, -0.2) is 0 Å². The Labute approximate surface area is 196 Å². The highest BCUT2D eigenvalue weighted by Gasteiger charge is 2.16. The van der Waals surface area contributed by atoms with Crippen molar-refractivity contribution in [2.45, 2.75) is 9.50 Å². The van der Waals surface area contributed by atoms with Crippen LogP contribution in [0.4, 0.5) is 0 Å². The van der Waals surface area contributed by atoms with Gasteiger partial charge in [0.25, 0.3) is 0 Å². The number of methoxy groups -OCH3 is 2. The molecule has 0 bridgehead atoms. The van der Waals surface area contributed by atoms with Crippen LogP contribution in [-0.4, -0.2) is 57.1 Å². The van der Waals surface area contributed by atoms with E-state index in [2.05, 4.69) is 15.3 Å². The van der Waals surface area contributed by atoms with Crippen molar-refractivity contribution in [1.82, 2.24) is 19.8 Å². The Morgan fingerprint density at radius 2 is 1.38 bits per heavy atom. The highest BCUT2D eigenvalue weighted by atomic mass is 32.2. The Morgan fingerprint density at radius 1 is 0.844 bits per heavy atom. The molecule has 2 aromatic heterocycles. The third kappa shape index (κ3) is 5.12. The smallest absolute Gasteiger partial charge is 0.236 e. The number of hydrogen-bond acceptors (Lipinski definition) is 10. The van der Waals surface area contributed by atoms with Gasteiger partial charge in [-0.05, 0) is 48.5 Å². The van der Waals surface area contributed by atoms with E-state index in [1.807, 2.05) is 0 Å². The Morgan fingerprint density at radius 3 is 1.91 bits per heavy atom. The molecule has 32 heavy (non-hydrogen) atoms. The fourth-order valence-electron chi connectivity index (χ4n) is 2.71. The number of ether oxygens (including phenoxy) is 2. The number of nitrogens with zero attached hydrogens (tertiary/aromatic N) is 4. The van der Waals surface area contributed by atoms with Gasteiger partial charge in [0.2, 0.25) is 10.1 Å². The number of fused-ring (bicyclic) bond motifs is 1. The lowest BCUT2D eigenvalue weighted by atomic mass is 10.1. The topological polar surface area (TPSA) is 95.7 Å². The molecule has 0 unspecified atom stereocenters. The first-order valence-corrected chi connectivity index (χ1v) is 12.2. The maximum Gasteiger partial charge on any atom is 0.236 e. The molecule has 8 nitrogen and oxygen atoms in total. The molecule has 0 fully saturated rings. The van der Waals surface area contributed by atoms with Gasteiger partial charge in [-0.2, -0.15) is 4.52 Å². The average molecular weight is 487 g/mol. The van der Waals surface area contributed by atoms with E-state index >= 15 is 0 Å².